The molecule has 39 heavy (non-hydrogen) atoms. The second-order valence-corrected chi connectivity index (χ2v) is 14.3. The number of ether oxygens (including phenoxy) is 2. The van der Waals surface area contributed by atoms with Gasteiger partial charge in [0, 0.05) is 17.9 Å². The van der Waals surface area contributed by atoms with E-state index in [1.54, 1.807) is 6.92 Å². The summed E-state index contributed by atoms with van der Waals surface area (Å²) in [6.07, 6.45) is 10.3. The normalized spacial score (nSPS) is 44.0. The molecule has 0 spiro atoms. The first kappa shape index (κ1) is 30.0. The number of Topliss-reactive ketones (excluding diaryl/α,β-unsaturated/α-hetero) is 1. The van der Waals surface area contributed by atoms with Gasteiger partial charge in [0.25, 0.3) is 0 Å². The van der Waals surface area contributed by atoms with E-state index in [1.165, 1.54) is 46.0 Å². The molecule has 10 unspecified atom stereocenters. The molecule has 3 saturated carbocycles. The topological polar surface area (TPSA) is 86.7 Å². The zero-order valence-electron chi connectivity index (χ0n) is 25.4. The Morgan fingerprint density at radius 2 is 1.69 bits per heavy atom. The third-order valence-electron chi connectivity index (χ3n) is 12.4. The van der Waals surface area contributed by atoms with Gasteiger partial charge in [-0.25, -0.2) is 0 Å². The number of fused-ring (bicyclic) bond motifs is 5. The Morgan fingerprint density at radius 3 is 2.28 bits per heavy atom. The van der Waals surface area contributed by atoms with Gasteiger partial charge in [0.05, 0.1) is 12.3 Å². The Morgan fingerprint density at radius 1 is 1.03 bits per heavy atom. The molecule has 6 nitrogen and oxygen atoms in total. The Kier molecular flexibility index (Phi) is 8.04. The van der Waals surface area contributed by atoms with E-state index in [2.05, 4.69) is 34.6 Å². The molecule has 0 amide bonds. The van der Waals surface area contributed by atoms with Crippen molar-refractivity contribution in [2.24, 2.45) is 45.3 Å². The van der Waals surface area contributed by atoms with Crippen LogP contribution in [0.1, 0.15) is 113 Å². The van der Waals surface area contributed by atoms with Crippen LogP contribution >= 0.6 is 0 Å². The summed E-state index contributed by atoms with van der Waals surface area (Å²) in [5, 5.41) is 0. The SMILES string of the molecule is CCC1(C)CCCC2(C)C1CCC1(C)C2CC(OC(=O)CC(C)OC(C)=O)C2(C)C(C=O)C(C(C)=O)=CCC12. The van der Waals surface area contributed by atoms with Crippen LogP contribution in [0.5, 0.6) is 0 Å². The monoisotopic (exact) mass is 542 g/mol. The molecule has 218 valence electrons. The van der Waals surface area contributed by atoms with Crippen LogP contribution in [0.25, 0.3) is 0 Å². The minimum Gasteiger partial charge on any atom is -0.462 e. The predicted molar refractivity (Wildman–Crippen MR) is 150 cm³/mol. The number of allylic oxidation sites excluding steroid dienone is 2. The fourth-order valence-corrected chi connectivity index (χ4v) is 10.4. The van der Waals surface area contributed by atoms with Crippen LogP contribution < -0.4 is 0 Å². The Labute approximate surface area is 235 Å². The maximum Gasteiger partial charge on any atom is 0.309 e. The van der Waals surface area contributed by atoms with E-state index in [1.807, 2.05) is 6.08 Å². The van der Waals surface area contributed by atoms with Crippen LogP contribution in [0.4, 0.5) is 0 Å². The molecule has 0 bridgehead atoms. The average molecular weight is 543 g/mol. The van der Waals surface area contributed by atoms with Gasteiger partial charge < -0.3 is 14.3 Å². The molecule has 0 heterocycles. The highest BCUT2D eigenvalue weighted by atomic mass is 16.6. The summed E-state index contributed by atoms with van der Waals surface area (Å²) >= 11 is 0. The van der Waals surface area contributed by atoms with Gasteiger partial charge in [-0.15, -0.1) is 0 Å². The number of carbonyl (C=O) groups excluding carboxylic acids is 4. The molecule has 4 rings (SSSR count). The predicted octanol–water partition coefficient (Wildman–Crippen LogP) is 6.64. The van der Waals surface area contributed by atoms with Crippen molar-refractivity contribution in [2.75, 3.05) is 0 Å². The molecule has 0 aromatic carbocycles. The minimum absolute atomic E-state index is 0.0278. The number of esters is 2. The molecule has 6 heteroatoms. The summed E-state index contributed by atoms with van der Waals surface area (Å²) in [5.41, 5.74) is 0.264. The summed E-state index contributed by atoms with van der Waals surface area (Å²) in [4.78, 5) is 50.2. The van der Waals surface area contributed by atoms with Gasteiger partial charge in [-0.05, 0) is 86.4 Å². The maximum atomic E-state index is 13.3. The van der Waals surface area contributed by atoms with Gasteiger partial charge in [0.1, 0.15) is 18.5 Å². The van der Waals surface area contributed by atoms with Crippen LogP contribution in [0.3, 0.4) is 0 Å². The smallest absolute Gasteiger partial charge is 0.309 e. The van der Waals surface area contributed by atoms with E-state index in [0.29, 0.717) is 35.7 Å². The van der Waals surface area contributed by atoms with Gasteiger partial charge in [0.2, 0.25) is 0 Å². The molecule has 0 radical (unpaired) electrons. The van der Waals surface area contributed by atoms with Crippen molar-refractivity contribution in [2.45, 2.75) is 125 Å². The summed E-state index contributed by atoms with van der Waals surface area (Å²) in [5.74, 6) is -0.490. The van der Waals surface area contributed by atoms with Gasteiger partial charge in [-0.1, -0.05) is 53.5 Å². The number of aldehydes is 1. The highest BCUT2D eigenvalue weighted by Gasteiger charge is 2.69. The Hall–Kier alpha value is -1.98. The van der Waals surface area contributed by atoms with Crippen LogP contribution in [0.2, 0.25) is 0 Å². The van der Waals surface area contributed by atoms with E-state index in [-0.39, 0.29) is 29.0 Å². The van der Waals surface area contributed by atoms with E-state index < -0.39 is 35.5 Å². The number of rotatable bonds is 7. The molecule has 0 aliphatic heterocycles. The van der Waals surface area contributed by atoms with Crippen molar-refractivity contribution >= 4 is 24.0 Å². The van der Waals surface area contributed by atoms with Crippen LogP contribution in [-0.4, -0.2) is 36.2 Å². The van der Waals surface area contributed by atoms with Crippen LogP contribution in [0, 0.1) is 45.3 Å². The van der Waals surface area contributed by atoms with E-state index in [9.17, 15) is 19.2 Å². The van der Waals surface area contributed by atoms with Crippen LogP contribution in [0.15, 0.2) is 11.6 Å². The highest BCUT2D eigenvalue weighted by Crippen LogP contribution is 2.73. The van der Waals surface area contributed by atoms with Crippen molar-refractivity contribution in [1.82, 2.24) is 0 Å². The lowest BCUT2D eigenvalue weighted by Gasteiger charge is -2.70. The van der Waals surface area contributed by atoms with Gasteiger partial charge in [-0.3, -0.25) is 14.4 Å². The number of ketones is 1. The first-order valence-corrected chi connectivity index (χ1v) is 15.2. The molecule has 0 N–H and O–H groups in total. The lowest BCUT2D eigenvalue weighted by molar-refractivity contribution is -0.240. The van der Waals surface area contributed by atoms with E-state index in [4.69, 9.17) is 9.47 Å². The van der Waals surface area contributed by atoms with E-state index in [0.717, 1.165) is 12.7 Å². The lowest BCUT2D eigenvalue weighted by atomic mass is 9.34. The number of hydrogen-bond acceptors (Lipinski definition) is 6. The molecule has 0 aromatic rings. The quantitative estimate of drug-likeness (QED) is 0.265. The van der Waals surface area contributed by atoms with Crippen molar-refractivity contribution in [1.29, 1.82) is 0 Å². The zero-order chi connectivity index (χ0) is 29.0. The molecule has 0 saturated heterocycles. The Balaban J connectivity index is 1.78. The average Bonchev–Trinajstić information content (AvgIpc) is 2.83. The highest BCUT2D eigenvalue weighted by molar-refractivity contribution is 5.97. The van der Waals surface area contributed by atoms with Crippen LogP contribution in [-0.2, 0) is 28.7 Å². The van der Waals surface area contributed by atoms with Crippen molar-refractivity contribution in [3.63, 3.8) is 0 Å². The first-order chi connectivity index (χ1) is 18.2. The zero-order valence-corrected chi connectivity index (χ0v) is 25.4. The fraction of sp³-hybridized carbons (Fsp3) is 0.818. The van der Waals surface area contributed by atoms with Gasteiger partial charge in [0.15, 0.2) is 5.78 Å². The standard InChI is InChI=1S/C33H50O6/c1-9-30(5)14-10-15-31(6)25(30)13-16-32(7)26-12-11-23(21(3)35)24(19-34)33(26,8)28(18-27(31)32)39-29(37)17-20(2)38-22(4)36/h11,19-20,24-28H,9-10,12-18H2,1-8H3. The van der Waals surface area contributed by atoms with Gasteiger partial charge in [-0.2, -0.15) is 0 Å². The van der Waals surface area contributed by atoms with E-state index >= 15 is 0 Å². The number of carbonyl (C=O) groups is 4. The minimum atomic E-state index is -0.686. The molecular formula is C33H50O6. The summed E-state index contributed by atoms with van der Waals surface area (Å²) in [6, 6.07) is 0. The summed E-state index contributed by atoms with van der Waals surface area (Å²) in [7, 11) is 0. The molecule has 3 fully saturated rings. The van der Waals surface area contributed by atoms with Gasteiger partial charge >= 0.3 is 11.9 Å². The van der Waals surface area contributed by atoms with Crippen molar-refractivity contribution < 1.29 is 28.7 Å². The van der Waals surface area contributed by atoms with Crippen molar-refractivity contribution in [3.8, 4) is 0 Å². The summed E-state index contributed by atoms with van der Waals surface area (Å²) < 4.78 is 11.6. The third kappa shape index (κ3) is 4.72. The molecule has 10 atom stereocenters. The maximum absolute atomic E-state index is 13.3. The summed E-state index contributed by atoms with van der Waals surface area (Å²) in [6.45, 7) is 16.4. The lowest BCUT2D eigenvalue weighted by Crippen LogP contribution is -2.67. The second kappa shape index (κ2) is 10.4. The first-order valence-electron chi connectivity index (χ1n) is 15.2. The van der Waals surface area contributed by atoms with Crippen molar-refractivity contribution in [3.05, 3.63) is 11.6 Å². The second-order valence-electron chi connectivity index (χ2n) is 14.3. The number of hydrogen-bond donors (Lipinski definition) is 0. The molecule has 0 aromatic heterocycles. The largest absolute Gasteiger partial charge is 0.462 e. The molecule has 4 aliphatic carbocycles. The Bertz CT molecular complexity index is 1050. The molecule has 4 aliphatic rings. The molecular weight excluding hydrogens is 492 g/mol. The fourth-order valence-electron chi connectivity index (χ4n) is 10.4. The third-order valence-corrected chi connectivity index (χ3v) is 12.4.